The lowest BCUT2D eigenvalue weighted by molar-refractivity contribution is -0.119. The Morgan fingerprint density at radius 2 is 1.82 bits per heavy atom. The number of carbonyl (C=O) groups is 1. The molecule has 1 saturated heterocycles. The fourth-order valence-corrected chi connectivity index (χ4v) is 4.86. The smallest absolute Gasteiger partial charge is 0.243 e. The number of β-amino-alcohol motifs (C(OH)–C–C–N with tert-alkyl or cyclic N) is 1. The van der Waals surface area contributed by atoms with Crippen LogP contribution in [0.3, 0.4) is 0 Å². The first-order valence-electron chi connectivity index (χ1n) is 9.09. The SMILES string of the molecule is CCc1ccc(NC(=O)[C@@H]2C[C@@H](O)CN2S(=O)(=O)c2ccc(OC)cc2)cc1. The number of aliphatic hydroxyl groups excluding tert-OH is 1. The van der Waals surface area contributed by atoms with Crippen LogP contribution in [-0.2, 0) is 21.2 Å². The zero-order valence-electron chi connectivity index (χ0n) is 15.8. The molecule has 0 aliphatic carbocycles. The maximum absolute atomic E-state index is 13.0. The first-order chi connectivity index (χ1) is 13.3. The monoisotopic (exact) mass is 404 g/mol. The van der Waals surface area contributed by atoms with Crippen LogP contribution in [0.5, 0.6) is 5.75 Å². The Balaban J connectivity index is 1.81. The highest BCUT2D eigenvalue weighted by Crippen LogP contribution is 2.28. The highest BCUT2D eigenvalue weighted by atomic mass is 32.2. The molecule has 1 aliphatic heterocycles. The fraction of sp³-hybridized carbons (Fsp3) is 0.350. The predicted molar refractivity (Wildman–Crippen MR) is 106 cm³/mol. The lowest BCUT2D eigenvalue weighted by Gasteiger charge is -2.23. The number of ether oxygens (including phenoxy) is 1. The zero-order chi connectivity index (χ0) is 20.3. The third kappa shape index (κ3) is 4.19. The zero-order valence-corrected chi connectivity index (χ0v) is 16.6. The van der Waals surface area contributed by atoms with Crippen molar-refractivity contribution >= 4 is 21.6 Å². The Labute approximate surface area is 165 Å². The molecule has 1 fully saturated rings. The molecule has 0 saturated carbocycles. The summed E-state index contributed by atoms with van der Waals surface area (Å²) >= 11 is 0. The van der Waals surface area contributed by atoms with Gasteiger partial charge >= 0.3 is 0 Å². The van der Waals surface area contributed by atoms with Crippen molar-refractivity contribution in [2.24, 2.45) is 0 Å². The van der Waals surface area contributed by atoms with E-state index in [2.05, 4.69) is 5.32 Å². The van der Waals surface area contributed by atoms with Crippen molar-refractivity contribution in [1.82, 2.24) is 4.31 Å². The van der Waals surface area contributed by atoms with Gasteiger partial charge in [-0.1, -0.05) is 19.1 Å². The summed E-state index contributed by atoms with van der Waals surface area (Å²) in [5.74, 6) is 0.0723. The van der Waals surface area contributed by atoms with Gasteiger partial charge in [0.2, 0.25) is 15.9 Å². The molecule has 0 aromatic heterocycles. The number of nitrogens with zero attached hydrogens (tertiary/aromatic N) is 1. The molecule has 28 heavy (non-hydrogen) atoms. The van der Waals surface area contributed by atoms with E-state index in [0.29, 0.717) is 11.4 Å². The Morgan fingerprint density at radius 1 is 1.18 bits per heavy atom. The topological polar surface area (TPSA) is 95.9 Å². The van der Waals surface area contributed by atoms with E-state index in [1.165, 1.54) is 19.2 Å². The second kappa shape index (κ2) is 8.30. The summed E-state index contributed by atoms with van der Waals surface area (Å²) in [6.45, 7) is 1.91. The standard InChI is InChI=1S/C20H24N2O5S/c1-3-14-4-6-15(7-5-14)21-20(24)19-12-16(23)13-22(19)28(25,26)18-10-8-17(27-2)9-11-18/h4-11,16,19,23H,3,12-13H2,1-2H3,(H,21,24)/t16-,19+/m1/s1. The predicted octanol–water partition coefficient (Wildman–Crippen LogP) is 2.02. The number of aliphatic hydroxyl groups is 1. The van der Waals surface area contributed by atoms with Gasteiger partial charge in [-0.2, -0.15) is 4.31 Å². The number of methoxy groups -OCH3 is 1. The minimum Gasteiger partial charge on any atom is -0.497 e. The molecule has 0 radical (unpaired) electrons. The Bertz CT molecular complexity index is 926. The number of nitrogens with one attached hydrogen (secondary N) is 1. The highest BCUT2D eigenvalue weighted by molar-refractivity contribution is 7.89. The summed E-state index contributed by atoms with van der Waals surface area (Å²) in [4.78, 5) is 12.8. The van der Waals surface area contributed by atoms with Gasteiger partial charge in [-0.15, -0.1) is 0 Å². The van der Waals surface area contributed by atoms with Crippen molar-refractivity contribution in [3.8, 4) is 5.75 Å². The van der Waals surface area contributed by atoms with Gasteiger partial charge in [-0.25, -0.2) is 8.42 Å². The first-order valence-corrected chi connectivity index (χ1v) is 10.5. The van der Waals surface area contributed by atoms with Crippen LogP contribution in [0.4, 0.5) is 5.69 Å². The average molecular weight is 404 g/mol. The Hall–Kier alpha value is -2.42. The highest BCUT2D eigenvalue weighted by Gasteiger charge is 2.43. The van der Waals surface area contributed by atoms with E-state index in [1.54, 1.807) is 24.3 Å². The van der Waals surface area contributed by atoms with Crippen LogP contribution in [0.2, 0.25) is 0 Å². The quantitative estimate of drug-likeness (QED) is 0.768. The molecule has 3 rings (SSSR count). The molecule has 0 spiro atoms. The minimum absolute atomic E-state index is 0.0486. The van der Waals surface area contributed by atoms with E-state index < -0.39 is 28.1 Å². The third-order valence-corrected chi connectivity index (χ3v) is 6.72. The summed E-state index contributed by atoms with van der Waals surface area (Å²) in [7, 11) is -2.44. The molecule has 2 atom stereocenters. The molecule has 2 aromatic rings. The summed E-state index contributed by atoms with van der Waals surface area (Å²) in [5.41, 5.74) is 1.73. The molecule has 150 valence electrons. The molecule has 8 heteroatoms. The van der Waals surface area contributed by atoms with Gasteiger partial charge in [0.05, 0.1) is 18.1 Å². The summed E-state index contributed by atoms with van der Waals surface area (Å²) < 4.78 is 32.2. The van der Waals surface area contributed by atoms with Crippen molar-refractivity contribution in [1.29, 1.82) is 0 Å². The number of benzene rings is 2. The summed E-state index contributed by atoms with van der Waals surface area (Å²) in [6.07, 6.45) is 0.0387. The lowest BCUT2D eigenvalue weighted by atomic mass is 10.1. The van der Waals surface area contributed by atoms with Crippen LogP contribution in [0.15, 0.2) is 53.4 Å². The molecular formula is C20H24N2O5S. The number of hydrogen-bond donors (Lipinski definition) is 2. The van der Waals surface area contributed by atoms with Gasteiger partial charge in [0.15, 0.2) is 0 Å². The molecule has 2 aromatic carbocycles. The van der Waals surface area contributed by atoms with E-state index in [0.717, 1.165) is 16.3 Å². The fourth-order valence-electron chi connectivity index (χ4n) is 3.22. The maximum atomic E-state index is 13.0. The summed E-state index contributed by atoms with van der Waals surface area (Å²) in [6, 6.07) is 12.3. The number of rotatable bonds is 6. The van der Waals surface area contributed by atoms with E-state index >= 15 is 0 Å². The number of hydrogen-bond acceptors (Lipinski definition) is 5. The van der Waals surface area contributed by atoms with Crippen molar-refractivity contribution in [2.45, 2.75) is 36.8 Å². The molecule has 1 aliphatic rings. The number of carbonyl (C=O) groups excluding carboxylic acids is 1. The normalized spacial score (nSPS) is 20.1. The van der Waals surface area contributed by atoms with E-state index in [-0.39, 0.29) is 17.9 Å². The number of sulfonamides is 1. The van der Waals surface area contributed by atoms with Crippen molar-refractivity contribution in [2.75, 3.05) is 19.0 Å². The van der Waals surface area contributed by atoms with Gasteiger partial charge in [-0.05, 0) is 48.4 Å². The van der Waals surface area contributed by atoms with E-state index in [4.69, 9.17) is 4.74 Å². The van der Waals surface area contributed by atoms with Crippen molar-refractivity contribution in [3.63, 3.8) is 0 Å². The maximum Gasteiger partial charge on any atom is 0.243 e. The van der Waals surface area contributed by atoms with Gasteiger partial charge in [0.25, 0.3) is 0 Å². The molecular weight excluding hydrogens is 380 g/mol. The van der Waals surface area contributed by atoms with Crippen LogP contribution >= 0.6 is 0 Å². The van der Waals surface area contributed by atoms with Crippen LogP contribution in [0, 0.1) is 0 Å². The largest absolute Gasteiger partial charge is 0.497 e. The van der Waals surface area contributed by atoms with Gasteiger partial charge in [0.1, 0.15) is 11.8 Å². The molecule has 7 nitrogen and oxygen atoms in total. The second-order valence-electron chi connectivity index (χ2n) is 6.70. The average Bonchev–Trinajstić information content (AvgIpc) is 3.11. The number of anilines is 1. The minimum atomic E-state index is -3.94. The molecule has 0 bridgehead atoms. The van der Waals surface area contributed by atoms with Gasteiger partial charge in [-0.3, -0.25) is 4.79 Å². The Morgan fingerprint density at radius 3 is 2.39 bits per heavy atom. The summed E-state index contributed by atoms with van der Waals surface area (Å²) in [5, 5.41) is 12.8. The van der Waals surface area contributed by atoms with E-state index in [1.807, 2.05) is 19.1 Å². The van der Waals surface area contributed by atoms with Crippen LogP contribution in [0.25, 0.3) is 0 Å². The van der Waals surface area contributed by atoms with Crippen molar-refractivity contribution in [3.05, 3.63) is 54.1 Å². The molecule has 1 heterocycles. The van der Waals surface area contributed by atoms with E-state index in [9.17, 15) is 18.3 Å². The molecule has 0 unspecified atom stereocenters. The third-order valence-electron chi connectivity index (χ3n) is 4.83. The van der Waals surface area contributed by atoms with Crippen LogP contribution in [-0.4, -0.2) is 49.5 Å². The number of amides is 1. The second-order valence-corrected chi connectivity index (χ2v) is 8.59. The lowest BCUT2D eigenvalue weighted by Crippen LogP contribution is -2.43. The van der Waals surface area contributed by atoms with Gasteiger partial charge < -0.3 is 15.2 Å². The number of aryl methyl sites for hydroxylation is 1. The van der Waals surface area contributed by atoms with Gasteiger partial charge in [0, 0.05) is 18.7 Å². The van der Waals surface area contributed by atoms with Crippen LogP contribution in [0.1, 0.15) is 18.9 Å². The Kier molecular flexibility index (Phi) is 6.02. The van der Waals surface area contributed by atoms with Crippen molar-refractivity contribution < 1.29 is 23.1 Å². The molecule has 1 amide bonds. The molecule has 2 N–H and O–H groups in total. The van der Waals surface area contributed by atoms with Crippen LogP contribution < -0.4 is 10.1 Å². The first kappa shape index (κ1) is 20.3.